The predicted molar refractivity (Wildman–Crippen MR) is 90.8 cm³/mol. The third-order valence-corrected chi connectivity index (χ3v) is 3.24. The SMILES string of the molecule is N#Cc1cccc(N(/C=C/c2ccccc2)c2ncccn2)c1. The van der Waals surface area contributed by atoms with Crippen LogP contribution in [0.4, 0.5) is 11.6 Å². The number of nitrogens with zero attached hydrogens (tertiary/aromatic N) is 4. The number of anilines is 2. The van der Waals surface area contributed by atoms with Crippen molar-refractivity contribution in [2.75, 3.05) is 4.90 Å². The first-order chi connectivity index (χ1) is 11.4. The highest BCUT2D eigenvalue weighted by atomic mass is 15.2. The maximum absolute atomic E-state index is 9.10. The van der Waals surface area contributed by atoms with E-state index in [0.717, 1.165) is 11.3 Å². The lowest BCUT2D eigenvalue weighted by molar-refractivity contribution is 1.08. The summed E-state index contributed by atoms with van der Waals surface area (Å²) in [6.07, 6.45) is 7.27. The van der Waals surface area contributed by atoms with Crippen molar-refractivity contribution in [3.8, 4) is 6.07 Å². The molecule has 0 aliphatic heterocycles. The van der Waals surface area contributed by atoms with E-state index in [1.54, 1.807) is 24.5 Å². The summed E-state index contributed by atoms with van der Waals surface area (Å²) in [5.74, 6) is 0.551. The first-order valence-electron chi connectivity index (χ1n) is 7.16. The van der Waals surface area contributed by atoms with Crippen LogP contribution >= 0.6 is 0 Å². The number of hydrogen-bond donors (Lipinski definition) is 0. The van der Waals surface area contributed by atoms with Gasteiger partial charge in [0.25, 0.3) is 0 Å². The van der Waals surface area contributed by atoms with E-state index >= 15 is 0 Å². The smallest absolute Gasteiger partial charge is 0.234 e. The van der Waals surface area contributed by atoms with Crippen molar-refractivity contribution in [1.82, 2.24) is 9.97 Å². The van der Waals surface area contributed by atoms with Crippen molar-refractivity contribution >= 4 is 17.7 Å². The Hall–Kier alpha value is -3.45. The van der Waals surface area contributed by atoms with Crippen LogP contribution in [0.5, 0.6) is 0 Å². The standard InChI is InChI=1S/C19H14N4/c20-15-17-8-4-9-18(14-17)23(19-21-11-5-12-22-19)13-10-16-6-2-1-3-7-16/h1-14H/b13-10+. The van der Waals surface area contributed by atoms with Gasteiger partial charge in [-0.3, -0.25) is 4.90 Å². The predicted octanol–water partition coefficient (Wildman–Crippen LogP) is 4.16. The molecule has 1 aromatic heterocycles. The van der Waals surface area contributed by atoms with E-state index in [1.807, 2.05) is 65.7 Å². The molecule has 0 fully saturated rings. The maximum Gasteiger partial charge on any atom is 0.234 e. The molecule has 0 spiro atoms. The lowest BCUT2D eigenvalue weighted by atomic mass is 10.2. The number of nitriles is 1. The van der Waals surface area contributed by atoms with Gasteiger partial charge in [-0.25, -0.2) is 9.97 Å². The molecule has 2 aromatic carbocycles. The second kappa shape index (κ2) is 7.01. The molecule has 110 valence electrons. The first kappa shape index (κ1) is 14.5. The van der Waals surface area contributed by atoms with Crippen LogP contribution in [-0.4, -0.2) is 9.97 Å². The first-order valence-corrected chi connectivity index (χ1v) is 7.16. The minimum atomic E-state index is 0.551. The van der Waals surface area contributed by atoms with Gasteiger partial charge in [-0.2, -0.15) is 5.26 Å². The lowest BCUT2D eigenvalue weighted by Gasteiger charge is -2.18. The quantitative estimate of drug-likeness (QED) is 0.726. The Kier molecular flexibility index (Phi) is 4.41. The Balaban J connectivity index is 2.01. The van der Waals surface area contributed by atoms with Crippen LogP contribution in [0.2, 0.25) is 0 Å². The van der Waals surface area contributed by atoms with Gasteiger partial charge in [-0.1, -0.05) is 36.4 Å². The van der Waals surface area contributed by atoms with Crippen LogP contribution in [0.25, 0.3) is 6.08 Å². The molecule has 23 heavy (non-hydrogen) atoms. The van der Waals surface area contributed by atoms with E-state index in [2.05, 4.69) is 16.0 Å². The molecule has 0 radical (unpaired) electrons. The zero-order valence-corrected chi connectivity index (χ0v) is 12.4. The fourth-order valence-corrected chi connectivity index (χ4v) is 2.13. The summed E-state index contributed by atoms with van der Waals surface area (Å²) in [4.78, 5) is 10.5. The molecule has 0 saturated heterocycles. The second-order valence-electron chi connectivity index (χ2n) is 4.81. The molecule has 4 nitrogen and oxygen atoms in total. The van der Waals surface area contributed by atoms with Crippen molar-refractivity contribution in [2.24, 2.45) is 0 Å². The fourth-order valence-electron chi connectivity index (χ4n) is 2.13. The summed E-state index contributed by atoms with van der Waals surface area (Å²) in [7, 11) is 0. The third-order valence-electron chi connectivity index (χ3n) is 3.24. The van der Waals surface area contributed by atoms with Gasteiger partial charge in [0.2, 0.25) is 5.95 Å². The van der Waals surface area contributed by atoms with E-state index in [-0.39, 0.29) is 0 Å². The normalized spacial score (nSPS) is 10.4. The summed E-state index contributed by atoms with van der Waals surface area (Å²) in [5.41, 5.74) is 2.50. The minimum absolute atomic E-state index is 0.551. The maximum atomic E-state index is 9.10. The summed E-state index contributed by atoms with van der Waals surface area (Å²) >= 11 is 0. The lowest BCUT2D eigenvalue weighted by Crippen LogP contribution is -2.11. The molecule has 0 amide bonds. The van der Waals surface area contributed by atoms with Gasteiger partial charge >= 0.3 is 0 Å². The van der Waals surface area contributed by atoms with Gasteiger partial charge in [0.1, 0.15) is 0 Å². The highest BCUT2D eigenvalue weighted by Crippen LogP contribution is 2.23. The molecule has 0 saturated carbocycles. The molecule has 3 aromatic rings. The van der Waals surface area contributed by atoms with Gasteiger partial charge in [0.05, 0.1) is 11.6 Å². The fraction of sp³-hybridized carbons (Fsp3) is 0. The Labute approximate surface area is 135 Å². The Morgan fingerprint density at radius 3 is 2.43 bits per heavy atom. The average Bonchev–Trinajstić information content (AvgIpc) is 2.64. The van der Waals surface area contributed by atoms with Gasteiger partial charge < -0.3 is 0 Å². The second-order valence-corrected chi connectivity index (χ2v) is 4.81. The monoisotopic (exact) mass is 298 g/mol. The van der Waals surface area contributed by atoms with Crippen LogP contribution in [0.15, 0.2) is 79.3 Å². The summed E-state index contributed by atoms with van der Waals surface area (Å²) in [6.45, 7) is 0. The largest absolute Gasteiger partial charge is 0.286 e. The number of aromatic nitrogens is 2. The van der Waals surface area contributed by atoms with Crippen LogP contribution in [0.1, 0.15) is 11.1 Å². The Morgan fingerprint density at radius 2 is 1.70 bits per heavy atom. The van der Waals surface area contributed by atoms with Crippen molar-refractivity contribution in [3.05, 3.63) is 90.4 Å². The molecule has 3 rings (SSSR count). The molecule has 0 aliphatic rings. The van der Waals surface area contributed by atoms with Crippen LogP contribution in [0.3, 0.4) is 0 Å². The summed E-state index contributed by atoms with van der Waals surface area (Å²) < 4.78 is 0. The number of rotatable bonds is 4. The summed E-state index contributed by atoms with van der Waals surface area (Å²) in [5, 5.41) is 9.10. The van der Waals surface area contributed by atoms with E-state index in [0.29, 0.717) is 11.5 Å². The highest BCUT2D eigenvalue weighted by molar-refractivity contribution is 5.66. The minimum Gasteiger partial charge on any atom is -0.286 e. The highest BCUT2D eigenvalue weighted by Gasteiger charge is 2.09. The van der Waals surface area contributed by atoms with E-state index < -0.39 is 0 Å². The van der Waals surface area contributed by atoms with Crippen LogP contribution in [-0.2, 0) is 0 Å². The van der Waals surface area contributed by atoms with Crippen molar-refractivity contribution in [3.63, 3.8) is 0 Å². The zero-order valence-electron chi connectivity index (χ0n) is 12.4. The molecule has 0 N–H and O–H groups in total. The molecular weight excluding hydrogens is 284 g/mol. The average molecular weight is 298 g/mol. The number of hydrogen-bond acceptors (Lipinski definition) is 4. The van der Waals surface area contributed by atoms with Crippen LogP contribution in [0, 0.1) is 11.3 Å². The molecular formula is C19H14N4. The van der Waals surface area contributed by atoms with E-state index in [9.17, 15) is 0 Å². The van der Waals surface area contributed by atoms with Gasteiger partial charge in [0, 0.05) is 24.3 Å². The topological polar surface area (TPSA) is 52.8 Å². The van der Waals surface area contributed by atoms with Gasteiger partial charge in [-0.05, 0) is 35.9 Å². The van der Waals surface area contributed by atoms with Gasteiger partial charge in [0.15, 0.2) is 0 Å². The van der Waals surface area contributed by atoms with Gasteiger partial charge in [-0.15, -0.1) is 0 Å². The third kappa shape index (κ3) is 3.60. The van der Waals surface area contributed by atoms with E-state index in [1.165, 1.54) is 0 Å². The Morgan fingerprint density at radius 1 is 0.913 bits per heavy atom. The summed E-state index contributed by atoms with van der Waals surface area (Å²) in [6, 6.07) is 21.3. The molecule has 0 aliphatic carbocycles. The van der Waals surface area contributed by atoms with Crippen molar-refractivity contribution in [2.45, 2.75) is 0 Å². The van der Waals surface area contributed by atoms with Crippen LogP contribution < -0.4 is 4.90 Å². The van der Waals surface area contributed by atoms with Crippen molar-refractivity contribution < 1.29 is 0 Å². The zero-order chi connectivity index (χ0) is 15.9. The molecule has 0 unspecified atom stereocenters. The Bertz CT molecular complexity index is 836. The molecule has 0 bridgehead atoms. The van der Waals surface area contributed by atoms with E-state index in [4.69, 9.17) is 5.26 Å². The molecule has 4 heteroatoms. The van der Waals surface area contributed by atoms with Crippen molar-refractivity contribution in [1.29, 1.82) is 5.26 Å². The molecule has 1 heterocycles. The number of benzene rings is 2. The molecule has 0 atom stereocenters.